The second kappa shape index (κ2) is 8.16. The number of carbonyl (C=O) groups excluding carboxylic acids is 2. The summed E-state index contributed by atoms with van der Waals surface area (Å²) in [4.78, 5) is 36.1. The Morgan fingerprint density at radius 1 is 1.15 bits per heavy atom. The molecular weight excluding hydrogens is 383 g/mol. The third kappa shape index (κ3) is 4.50. The highest BCUT2D eigenvalue weighted by atomic mass is 35.5. The van der Waals surface area contributed by atoms with Crippen LogP contribution in [0.4, 0.5) is 5.69 Å². The minimum absolute atomic E-state index is 0.00724. The van der Waals surface area contributed by atoms with Crippen LogP contribution in [-0.4, -0.2) is 35.9 Å². The second-order valence-corrected chi connectivity index (χ2v) is 6.26. The highest BCUT2D eigenvalue weighted by molar-refractivity contribution is 6.35. The number of nitrogens with zero attached hydrogens (tertiary/aromatic N) is 2. The monoisotopic (exact) mass is 396 g/mol. The molecular formula is C17H14Cl2N2O5. The Morgan fingerprint density at radius 3 is 2.38 bits per heavy atom. The Kier molecular flexibility index (Phi) is 6.18. The molecule has 0 unspecified atom stereocenters. The van der Waals surface area contributed by atoms with Crippen LogP contribution in [0.25, 0.3) is 0 Å². The number of methoxy groups -OCH3 is 1. The van der Waals surface area contributed by atoms with Crippen molar-refractivity contribution in [3.05, 3.63) is 73.2 Å². The summed E-state index contributed by atoms with van der Waals surface area (Å²) in [5.74, 6) is -1.28. The van der Waals surface area contributed by atoms with Crippen molar-refractivity contribution in [2.24, 2.45) is 0 Å². The number of ether oxygens (including phenoxy) is 1. The first-order chi connectivity index (χ1) is 12.2. The van der Waals surface area contributed by atoms with Crippen molar-refractivity contribution in [2.45, 2.75) is 6.54 Å². The van der Waals surface area contributed by atoms with E-state index in [4.69, 9.17) is 23.2 Å². The van der Waals surface area contributed by atoms with Gasteiger partial charge in [-0.3, -0.25) is 14.9 Å². The summed E-state index contributed by atoms with van der Waals surface area (Å²) in [6.45, 7) is 0.158. The molecule has 0 saturated heterocycles. The number of hydrogen-bond donors (Lipinski definition) is 0. The van der Waals surface area contributed by atoms with E-state index in [2.05, 4.69) is 4.74 Å². The lowest BCUT2D eigenvalue weighted by atomic mass is 10.1. The lowest BCUT2D eigenvalue weighted by Gasteiger charge is -2.18. The molecule has 0 aliphatic carbocycles. The number of rotatable bonds is 5. The highest BCUT2D eigenvalue weighted by Crippen LogP contribution is 2.24. The topological polar surface area (TPSA) is 89.8 Å². The molecule has 0 fully saturated rings. The Morgan fingerprint density at radius 2 is 1.81 bits per heavy atom. The zero-order chi connectivity index (χ0) is 19.4. The predicted molar refractivity (Wildman–Crippen MR) is 96.7 cm³/mol. The molecule has 26 heavy (non-hydrogen) atoms. The number of hydrogen-bond acceptors (Lipinski definition) is 5. The van der Waals surface area contributed by atoms with Crippen LogP contribution < -0.4 is 0 Å². The number of nitro benzene ring substituents is 1. The number of amides is 1. The lowest BCUT2D eigenvalue weighted by molar-refractivity contribution is -0.384. The maximum absolute atomic E-state index is 12.6. The third-order valence-electron chi connectivity index (χ3n) is 3.57. The first kappa shape index (κ1) is 19.7. The number of nitro groups is 1. The number of non-ortho nitro benzene ring substituents is 1. The predicted octanol–water partition coefficient (Wildman–Crippen LogP) is 3.96. The Labute approximate surface area is 159 Å². The van der Waals surface area contributed by atoms with Gasteiger partial charge in [0, 0.05) is 41.3 Å². The van der Waals surface area contributed by atoms with Crippen molar-refractivity contribution in [1.29, 1.82) is 0 Å². The molecule has 0 saturated carbocycles. The van der Waals surface area contributed by atoms with Crippen LogP contribution in [0, 0.1) is 10.1 Å². The summed E-state index contributed by atoms with van der Waals surface area (Å²) in [5.41, 5.74) is 0.190. The fourth-order valence-electron chi connectivity index (χ4n) is 2.27. The molecule has 0 N–H and O–H groups in total. The normalized spacial score (nSPS) is 10.3. The summed E-state index contributed by atoms with van der Waals surface area (Å²) >= 11 is 12.0. The van der Waals surface area contributed by atoms with Crippen molar-refractivity contribution < 1.29 is 19.2 Å². The van der Waals surface area contributed by atoms with E-state index in [0.717, 1.165) is 19.2 Å². The minimum atomic E-state index is -0.772. The van der Waals surface area contributed by atoms with Gasteiger partial charge in [-0.05, 0) is 23.8 Å². The van der Waals surface area contributed by atoms with E-state index in [0.29, 0.717) is 15.6 Å². The van der Waals surface area contributed by atoms with E-state index in [1.165, 1.54) is 18.0 Å². The fourth-order valence-corrected chi connectivity index (χ4v) is 2.74. The summed E-state index contributed by atoms with van der Waals surface area (Å²) < 4.78 is 4.57. The van der Waals surface area contributed by atoms with Crippen LogP contribution in [0.2, 0.25) is 10.0 Å². The van der Waals surface area contributed by atoms with Crippen LogP contribution in [0.1, 0.15) is 26.3 Å². The molecule has 0 bridgehead atoms. The van der Waals surface area contributed by atoms with Crippen molar-refractivity contribution in [3.63, 3.8) is 0 Å². The van der Waals surface area contributed by atoms with Crippen molar-refractivity contribution >= 4 is 40.8 Å². The van der Waals surface area contributed by atoms with E-state index in [1.807, 2.05) is 0 Å². The van der Waals surface area contributed by atoms with Crippen molar-refractivity contribution in [1.82, 2.24) is 4.90 Å². The Balaban J connectivity index is 2.33. The quantitative estimate of drug-likeness (QED) is 0.433. The first-order valence-corrected chi connectivity index (χ1v) is 8.05. The summed E-state index contributed by atoms with van der Waals surface area (Å²) in [6.07, 6.45) is 0. The van der Waals surface area contributed by atoms with Gasteiger partial charge in [0.2, 0.25) is 0 Å². The zero-order valence-corrected chi connectivity index (χ0v) is 15.4. The molecule has 0 aliphatic rings. The molecule has 2 rings (SSSR count). The molecule has 1 amide bonds. The van der Waals surface area contributed by atoms with Gasteiger partial charge in [0.25, 0.3) is 11.6 Å². The second-order valence-electron chi connectivity index (χ2n) is 5.41. The maximum atomic E-state index is 12.6. The molecule has 0 radical (unpaired) electrons. The van der Waals surface area contributed by atoms with Gasteiger partial charge in [0.05, 0.1) is 17.6 Å². The standard InChI is InChI=1S/C17H14Cl2N2O5/c1-20(9-10-3-4-13(18)8-15(10)19)16(22)11-5-12(17(23)26-2)7-14(6-11)21(24)25/h3-8H,9H2,1-2H3. The van der Waals surface area contributed by atoms with Gasteiger partial charge in [0.15, 0.2) is 0 Å². The molecule has 0 aliphatic heterocycles. The largest absolute Gasteiger partial charge is 0.465 e. The molecule has 0 heterocycles. The van der Waals surface area contributed by atoms with Crippen LogP contribution in [0.5, 0.6) is 0 Å². The summed E-state index contributed by atoms with van der Waals surface area (Å²) in [6, 6.07) is 8.29. The van der Waals surface area contributed by atoms with Gasteiger partial charge in [-0.1, -0.05) is 29.3 Å². The van der Waals surface area contributed by atoms with Gasteiger partial charge in [-0.15, -0.1) is 0 Å². The lowest BCUT2D eigenvalue weighted by Crippen LogP contribution is -2.26. The van der Waals surface area contributed by atoms with E-state index >= 15 is 0 Å². The van der Waals surface area contributed by atoms with Crippen molar-refractivity contribution in [3.8, 4) is 0 Å². The fraction of sp³-hybridized carbons (Fsp3) is 0.176. The van der Waals surface area contributed by atoms with Gasteiger partial charge < -0.3 is 9.64 Å². The zero-order valence-electron chi connectivity index (χ0n) is 13.9. The van der Waals surface area contributed by atoms with Gasteiger partial charge in [-0.2, -0.15) is 0 Å². The SMILES string of the molecule is COC(=O)c1cc(C(=O)N(C)Cc2ccc(Cl)cc2Cl)cc([N+](=O)[O-])c1. The van der Waals surface area contributed by atoms with E-state index in [-0.39, 0.29) is 23.4 Å². The van der Waals surface area contributed by atoms with Crippen LogP contribution in [0.3, 0.4) is 0 Å². The van der Waals surface area contributed by atoms with Crippen LogP contribution in [-0.2, 0) is 11.3 Å². The van der Waals surface area contributed by atoms with Crippen molar-refractivity contribution in [2.75, 3.05) is 14.2 Å². The van der Waals surface area contributed by atoms with Crippen LogP contribution in [0.15, 0.2) is 36.4 Å². The molecule has 7 nitrogen and oxygen atoms in total. The van der Waals surface area contributed by atoms with E-state index in [1.54, 1.807) is 18.2 Å². The molecule has 0 spiro atoms. The number of benzene rings is 2. The van der Waals surface area contributed by atoms with E-state index < -0.39 is 16.8 Å². The summed E-state index contributed by atoms with van der Waals surface area (Å²) in [5, 5.41) is 11.9. The maximum Gasteiger partial charge on any atom is 0.338 e. The molecule has 2 aromatic carbocycles. The number of halogens is 2. The van der Waals surface area contributed by atoms with Gasteiger partial charge in [0.1, 0.15) is 0 Å². The molecule has 0 aromatic heterocycles. The minimum Gasteiger partial charge on any atom is -0.465 e. The van der Waals surface area contributed by atoms with Gasteiger partial charge >= 0.3 is 5.97 Å². The number of esters is 1. The summed E-state index contributed by atoms with van der Waals surface area (Å²) in [7, 11) is 2.67. The first-order valence-electron chi connectivity index (χ1n) is 7.30. The molecule has 9 heteroatoms. The molecule has 136 valence electrons. The molecule has 0 atom stereocenters. The van der Waals surface area contributed by atoms with Gasteiger partial charge in [-0.25, -0.2) is 4.79 Å². The number of carbonyl (C=O) groups is 2. The smallest absolute Gasteiger partial charge is 0.338 e. The molecule has 2 aromatic rings. The average Bonchev–Trinajstić information content (AvgIpc) is 2.62. The van der Waals surface area contributed by atoms with E-state index in [9.17, 15) is 19.7 Å². The third-order valence-corrected chi connectivity index (χ3v) is 4.15. The Bertz CT molecular complexity index is 885. The highest BCUT2D eigenvalue weighted by Gasteiger charge is 2.21. The Hall–Kier alpha value is -2.64. The van der Waals surface area contributed by atoms with Crippen LogP contribution >= 0.6 is 23.2 Å². The average molecular weight is 397 g/mol.